The first-order valence-electron chi connectivity index (χ1n) is 20.1. The molecule has 4 N–H and O–H groups in total. The van der Waals surface area contributed by atoms with Crippen molar-refractivity contribution in [2.24, 2.45) is 0 Å². The van der Waals surface area contributed by atoms with Crippen molar-refractivity contribution in [3.8, 4) is 11.8 Å². The van der Waals surface area contributed by atoms with Crippen LogP contribution in [0.4, 0.5) is 0 Å². The number of carbonyl (C=O) groups excluding carboxylic acids is 10. The molecule has 8 rings (SSSR count). The molecule has 4 aliphatic rings. The molecule has 2 atom stereocenters. The van der Waals surface area contributed by atoms with Gasteiger partial charge < -0.3 is 25.2 Å². The van der Waals surface area contributed by atoms with Crippen molar-refractivity contribution in [2.45, 2.75) is 63.9 Å². The molecule has 2 saturated heterocycles. The topological polar surface area (TPSA) is 258 Å². The zero-order valence-electron chi connectivity index (χ0n) is 34.2. The Balaban J connectivity index is 0.000000191. The van der Waals surface area contributed by atoms with Crippen LogP contribution < -0.4 is 26.0 Å². The van der Waals surface area contributed by atoms with Gasteiger partial charge in [-0.1, -0.05) is 24.3 Å². The lowest BCUT2D eigenvalue weighted by Crippen LogP contribution is -2.52. The third kappa shape index (κ3) is 9.43. The minimum absolute atomic E-state index is 0.0841. The number of carbonyl (C=O) groups is 10. The Morgan fingerprint density at radius 2 is 1.06 bits per heavy atom. The maximum absolute atomic E-state index is 12.7. The van der Waals surface area contributed by atoms with E-state index >= 15 is 0 Å². The number of nitrogens with one attached hydrogen (secondary N) is 4. The van der Waals surface area contributed by atoms with Gasteiger partial charge in [-0.2, -0.15) is 5.26 Å². The highest BCUT2D eigenvalue weighted by Gasteiger charge is 2.40. The van der Waals surface area contributed by atoms with Crippen LogP contribution in [-0.2, 0) is 54.9 Å². The minimum atomic E-state index is -0.781. The van der Waals surface area contributed by atoms with Gasteiger partial charge in [0, 0.05) is 61.3 Å². The molecule has 4 heterocycles. The van der Waals surface area contributed by atoms with E-state index in [1.54, 1.807) is 48.5 Å². The molecule has 4 aromatic rings. The van der Waals surface area contributed by atoms with E-state index in [1.807, 2.05) is 6.07 Å². The molecule has 18 heteroatoms. The van der Waals surface area contributed by atoms with Crippen LogP contribution in [-0.4, -0.2) is 87.8 Å². The largest absolute Gasteiger partial charge is 0.497 e. The molecular weight excluding hydrogens is 827 g/mol. The van der Waals surface area contributed by atoms with Crippen LogP contribution in [0.2, 0.25) is 0 Å². The van der Waals surface area contributed by atoms with Crippen LogP contribution in [0.3, 0.4) is 0 Å². The van der Waals surface area contributed by atoms with Crippen molar-refractivity contribution >= 4 is 58.8 Å². The number of nitrogens with zero attached hydrogens (tertiary/aromatic N) is 3. The van der Waals surface area contributed by atoms with Gasteiger partial charge in [-0.3, -0.25) is 58.6 Å². The second-order valence-electron chi connectivity index (χ2n) is 15.2. The number of piperidine rings is 2. The highest BCUT2D eigenvalue weighted by atomic mass is 16.5. The Kier molecular flexibility index (Phi) is 12.8. The molecular formula is C46H39N7O11. The molecule has 0 saturated carbocycles. The Morgan fingerprint density at radius 3 is 1.45 bits per heavy atom. The Hall–Kier alpha value is -8.33. The van der Waals surface area contributed by atoms with Gasteiger partial charge in [0.15, 0.2) is 0 Å². The fourth-order valence-electron chi connectivity index (χ4n) is 7.70. The zero-order chi connectivity index (χ0) is 45.7. The average Bonchev–Trinajstić information content (AvgIpc) is 3.81. The van der Waals surface area contributed by atoms with Gasteiger partial charge in [-0.05, 0) is 95.8 Å². The van der Waals surface area contributed by atoms with Crippen molar-refractivity contribution in [3.63, 3.8) is 0 Å². The summed E-state index contributed by atoms with van der Waals surface area (Å²) in [5, 5.41) is 18.5. The van der Waals surface area contributed by atoms with Crippen LogP contribution in [0.15, 0.2) is 84.9 Å². The summed E-state index contributed by atoms with van der Waals surface area (Å²) in [5.74, 6) is -4.47. The molecule has 4 aromatic carbocycles. The number of amides is 8. The second-order valence-corrected chi connectivity index (χ2v) is 15.2. The predicted molar refractivity (Wildman–Crippen MR) is 221 cm³/mol. The highest BCUT2D eigenvalue weighted by molar-refractivity contribution is 6.43. The van der Waals surface area contributed by atoms with Gasteiger partial charge >= 0.3 is 0 Å². The van der Waals surface area contributed by atoms with Crippen LogP contribution in [0.25, 0.3) is 0 Å². The fourth-order valence-corrected chi connectivity index (χ4v) is 7.70. The summed E-state index contributed by atoms with van der Waals surface area (Å²) in [6.07, 6.45) is 0.947. The molecule has 8 amide bonds. The number of imide groups is 2. The molecule has 2 fully saturated rings. The summed E-state index contributed by atoms with van der Waals surface area (Å²) in [5.41, 5.74) is 4.64. The summed E-state index contributed by atoms with van der Waals surface area (Å²) in [6, 6.07) is 22.8. The lowest BCUT2D eigenvalue weighted by atomic mass is 10.0. The quantitative estimate of drug-likeness (QED) is 0.0956. The molecule has 324 valence electrons. The molecule has 2 unspecified atom stereocenters. The number of rotatable bonds is 11. The average molecular weight is 866 g/mol. The van der Waals surface area contributed by atoms with E-state index in [4.69, 9.17) is 10.00 Å². The fraction of sp³-hybridized carbons (Fsp3) is 0.239. The molecule has 18 nitrogen and oxygen atoms in total. The Morgan fingerprint density at radius 1 is 0.641 bits per heavy atom. The number of methoxy groups -OCH3 is 1. The predicted octanol–water partition coefficient (Wildman–Crippen LogP) is 1.77. The van der Waals surface area contributed by atoms with Crippen LogP contribution >= 0.6 is 0 Å². The summed E-state index contributed by atoms with van der Waals surface area (Å²) >= 11 is 0. The summed E-state index contributed by atoms with van der Waals surface area (Å²) < 4.78 is 5.04. The van der Waals surface area contributed by atoms with Gasteiger partial charge in [-0.15, -0.1) is 0 Å². The van der Waals surface area contributed by atoms with Crippen molar-refractivity contribution in [1.82, 2.24) is 31.1 Å². The van der Waals surface area contributed by atoms with Gasteiger partial charge in [0.25, 0.3) is 23.6 Å². The van der Waals surface area contributed by atoms with E-state index in [1.165, 1.54) is 53.3 Å². The van der Waals surface area contributed by atoms with E-state index in [-0.39, 0.29) is 80.2 Å². The SMILES string of the molecule is COc1ccc(C(=O)C(=O)NCc2ccc3c(c2)CN(C2CCC(=O)NC2=O)C3=O)cc1.N#Cc1ccc(C(=O)C(=O)NCc2ccc3c(c2)CN(C2CCC(=O)NC2=O)C3=O)cc1. The number of ketones is 2. The molecule has 0 aliphatic carbocycles. The number of Topliss-reactive ketones (excluding diaryl/α,β-unsaturated/α-hetero) is 2. The zero-order valence-corrected chi connectivity index (χ0v) is 34.2. The number of benzene rings is 4. The molecule has 0 aromatic heterocycles. The van der Waals surface area contributed by atoms with Crippen LogP contribution in [0, 0.1) is 11.3 Å². The number of hydrogen-bond acceptors (Lipinski definition) is 12. The number of ether oxygens (including phenoxy) is 1. The van der Waals surface area contributed by atoms with E-state index in [0.717, 1.165) is 11.1 Å². The normalized spacial score (nSPS) is 17.5. The van der Waals surface area contributed by atoms with Crippen LogP contribution in [0.1, 0.15) is 94.9 Å². The van der Waals surface area contributed by atoms with Gasteiger partial charge in [-0.25, -0.2) is 0 Å². The first kappa shape index (κ1) is 43.7. The maximum Gasteiger partial charge on any atom is 0.292 e. The van der Waals surface area contributed by atoms with Crippen molar-refractivity contribution in [1.29, 1.82) is 5.26 Å². The summed E-state index contributed by atoms with van der Waals surface area (Å²) in [4.78, 5) is 124. The first-order chi connectivity index (χ1) is 30.7. The third-order valence-electron chi connectivity index (χ3n) is 11.1. The molecule has 0 radical (unpaired) electrons. The van der Waals surface area contributed by atoms with Crippen molar-refractivity contribution in [2.75, 3.05) is 7.11 Å². The lowest BCUT2D eigenvalue weighted by molar-refractivity contribution is -0.138. The standard InChI is InChI=1S/C23H18N4O5.C23H21N3O6/c24-10-13-1-4-15(5-2-13)20(29)22(31)25-11-14-3-6-17-16(9-14)12-27(23(17)32)18-7-8-19(28)26-21(18)30;1-32-16-5-3-14(4-6-16)20(28)22(30)24-11-13-2-7-17-15(10-13)12-26(23(17)31)18-8-9-19(27)25-21(18)29/h1-6,9,18H,7-8,11-12H2,(H,25,31)(H,26,28,30);2-7,10,18H,8-9,11-12H2,1H3,(H,24,30)(H,25,27,29). The van der Waals surface area contributed by atoms with E-state index in [0.29, 0.717) is 40.0 Å². The van der Waals surface area contributed by atoms with Crippen molar-refractivity contribution in [3.05, 3.63) is 135 Å². The monoisotopic (exact) mass is 865 g/mol. The number of hydrogen-bond donors (Lipinski definition) is 4. The first-order valence-corrected chi connectivity index (χ1v) is 20.1. The molecule has 0 bridgehead atoms. The molecule has 0 spiro atoms. The Bertz CT molecular complexity index is 2690. The highest BCUT2D eigenvalue weighted by Crippen LogP contribution is 2.30. The van der Waals surface area contributed by atoms with E-state index < -0.39 is 47.3 Å². The summed E-state index contributed by atoms with van der Waals surface area (Å²) in [6.45, 7) is 0.667. The van der Waals surface area contributed by atoms with E-state index in [9.17, 15) is 47.9 Å². The van der Waals surface area contributed by atoms with Gasteiger partial charge in [0.2, 0.25) is 35.2 Å². The lowest BCUT2D eigenvalue weighted by Gasteiger charge is -2.29. The van der Waals surface area contributed by atoms with Crippen LogP contribution in [0.5, 0.6) is 5.75 Å². The van der Waals surface area contributed by atoms with Gasteiger partial charge in [0.1, 0.15) is 17.8 Å². The second kappa shape index (κ2) is 18.7. The minimum Gasteiger partial charge on any atom is -0.497 e. The third-order valence-corrected chi connectivity index (χ3v) is 11.1. The maximum atomic E-state index is 12.7. The summed E-state index contributed by atoms with van der Waals surface area (Å²) in [7, 11) is 1.51. The smallest absolute Gasteiger partial charge is 0.292 e. The molecule has 4 aliphatic heterocycles. The van der Waals surface area contributed by atoms with E-state index in [2.05, 4.69) is 21.3 Å². The van der Waals surface area contributed by atoms with Crippen molar-refractivity contribution < 1.29 is 52.7 Å². The Labute approximate surface area is 364 Å². The molecule has 64 heavy (non-hydrogen) atoms. The van der Waals surface area contributed by atoms with Gasteiger partial charge in [0.05, 0.1) is 18.7 Å². The number of nitriles is 1. The number of fused-ring (bicyclic) bond motifs is 2.